The summed E-state index contributed by atoms with van der Waals surface area (Å²) >= 11 is 6.13. The lowest BCUT2D eigenvalue weighted by Crippen LogP contribution is -2.45. The fourth-order valence-electron chi connectivity index (χ4n) is 2.67. The molecule has 23 heavy (non-hydrogen) atoms. The van der Waals surface area contributed by atoms with E-state index in [4.69, 9.17) is 11.6 Å². The molecule has 1 aromatic carbocycles. The second-order valence-electron chi connectivity index (χ2n) is 5.46. The van der Waals surface area contributed by atoms with E-state index in [9.17, 15) is 13.2 Å². The number of halogens is 6. The average molecular weight is 394 g/mol. The van der Waals surface area contributed by atoms with Gasteiger partial charge in [-0.3, -0.25) is 4.90 Å². The molecular formula is C15H22Cl3F3N2. The third kappa shape index (κ3) is 7.06. The highest BCUT2D eigenvalue weighted by Crippen LogP contribution is 2.33. The van der Waals surface area contributed by atoms with E-state index < -0.39 is 12.6 Å². The van der Waals surface area contributed by atoms with E-state index in [0.29, 0.717) is 5.02 Å². The summed E-state index contributed by atoms with van der Waals surface area (Å²) in [4.78, 5) is 2.11. The van der Waals surface area contributed by atoms with Gasteiger partial charge in [0.1, 0.15) is 0 Å². The third-order valence-corrected chi connectivity index (χ3v) is 4.28. The maximum absolute atomic E-state index is 12.6. The summed E-state index contributed by atoms with van der Waals surface area (Å²) in [6, 6.07) is 5.34. The number of benzene rings is 1. The molecule has 0 unspecified atom stereocenters. The topological polar surface area (TPSA) is 15.3 Å². The van der Waals surface area contributed by atoms with Gasteiger partial charge >= 0.3 is 6.18 Å². The van der Waals surface area contributed by atoms with E-state index in [1.807, 2.05) is 19.1 Å². The molecule has 1 saturated heterocycles. The molecule has 0 spiro atoms. The van der Waals surface area contributed by atoms with Crippen molar-refractivity contribution in [1.29, 1.82) is 0 Å². The summed E-state index contributed by atoms with van der Waals surface area (Å²) in [7, 11) is 0. The molecule has 0 aliphatic carbocycles. The van der Waals surface area contributed by atoms with E-state index in [-0.39, 0.29) is 37.3 Å². The lowest BCUT2D eigenvalue weighted by Gasteiger charge is -2.35. The van der Waals surface area contributed by atoms with Crippen LogP contribution in [0.25, 0.3) is 0 Å². The van der Waals surface area contributed by atoms with Crippen LogP contribution in [-0.4, -0.2) is 37.3 Å². The largest absolute Gasteiger partial charge is 0.389 e. The molecule has 1 aromatic rings. The van der Waals surface area contributed by atoms with E-state index in [0.717, 1.165) is 37.3 Å². The first-order valence-corrected chi connectivity index (χ1v) is 7.52. The smallest absolute Gasteiger partial charge is 0.314 e. The van der Waals surface area contributed by atoms with Crippen LogP contribution in [0.2, 0.25) is 5.02 Å². The van der Waals surface area contributed by atoms with Gasteiger partial charge in [-0.2, -0.15) is 13.2 Å². The Labute approximate surface area is 152 Å². The van der Waals surface area contributed by atoms with E-state index in [2.05, 4.69) is 10.2 Å². The molecule has 1 fully saturated rings. The van der Waals surface area contributed by atoms with Crippen LogP contribution in [0.15, 0.2) is 18.2 Å². The van der Waals surface area contributed by atoms with Crippen LogP contribution in [-0.2, 0) is 0 Å². The highest BCUT2D eigenvalue weighted by Gasteiger charge is 2.31. The van der Waals surface area contributed by atoms with Gasteiger partial charge in [0.15, 0.2) is 0 Å². The number of hydrogen-bond donors (Lipinski definition) is 1. The van der Waals surface area contributed by atoms with Crippen molar-refractivity contribution in [1.82, 2.24) is 10.2 Å². The van der Waals surface area contributed by atoms with Gasteiger partial charge in [-0.25, -0.2) is 0 Å². The molecule has 1 N–H and O–H groups in total. The number of aryl methyl sites for hydroxylation is 1. The molecule has 1 aliphatic rings. The number of nitrogens with zero attached hydrogens (tertiary/aromatic N) is 1. The molecule has 2 rings (SSSR count). The maximum Gasteiger partial charge on any atom is 0.389 e. The highest BCUT2D eigenvalue weighted by atomic mass is 35.5. The minimum atomic E-state index is -4.12. The van der Waals surface area contributed by atoms with Gasteiger partial charge in [0.2, 0.25) is 0 Å². The molecule has 1 aliphatic heterocycles. The lowest BCUT2D eigenvalue weighted by atomic mass is 9.98. The van der Waals surface area contributed by atoms with Crippen LogP contribution in [0.3, 0.4) is 0 Å². The molecule has 1 heterocycles. The van der Waals surface area contributed by atoms with Gasteiger partial charge in [-0.15, -0.1) is 24.8 Å². The van der Waals surface area contributed by atoms with Crippen molar-refractivity contribution in [3.05, 3.63) is 34.3 Å². The Bertz CT molecular complexity index is 478. The number of nitrogens with one attached hydrogen (secondary N) is 1. The molecule has 0 saturated carbocycles. The second kappa shape index (κ2) is 9.94. The Morgan fingerprint density at radius 1 is 1.22 bits per heavy atom. The van der Waals surface area contributed by atoms with Gasteiger partial charge in [0, 0.05) is 43.7 Å². The molecule has 8 heteroatoms. The van der Waals surface area contributed by atoms with E-state index in [1.54, 1.807) is 6.07 Å². The molecule has 2 nitrogen and oxygen atoms in total. The third-order valence-electron chi connectivity index (χ3n) is 3.87. The van der Waals surface area contributed by atoms with Crippen LogP contribution >= 0.6 is 36.4 Å². The van der Waals surface area contributed by atoms with Crippen molar-refractivity contribution in [2.24, 2.45) is 0 Å². The first-order chi connectivity index (χ1) is 9.87. The Hall–Kier alpha value is -0.200. The first-order valence-electron chi connectivity index (χ1n) is 7.14. The number of alkyl halides is 3. The monoisotopic (exact) mass is 392 g/mol. The van der Waals surface area contributed by atoms with Gasteiger partial charge in [-0.05, 0) is 30.5 Å². The highest BCUT2D eigenvalue weighted by molar-refractivity contribution is 6.31. The van der Waals surface area contributed by atoms with Crippen LogP contribution in [0.5, 0.6) is 0 Å². The summed E-state index contributed by atoms with van der Waals surface area (Å²) in [5.74, 6) is 0. The normalized spacial score (nSPS) is 17.1. The Morgan fingerprint density at radius 2 is 1.83 bits per heavy atom. The van der Waals surface area contributed by atoms with Crippen molar-refractivity contribution in [3.63, 3.8) is 0 Å². The van der Waals surface area contributed by atoms with Crippen LogP contribution in [0, 0.1) is 6.92 Å². The summed E-state index contributed by atoms with van der Waals surface area (Å²) in [5, 5.41) is 3.83. The summed E-state index contributed by atoms with van der Waals surface area (Å²) in [6.07, 6.45) is -4.82. The Morgan fingerprint density at radius 3 is 2.35 bits per heavy atom. The molecule has 134 valence electrons. The quantitative estimate of drug-likeness (QED) is 0.792. The SMILES string of the molecule is Cc1ccc([C@@H](CCC(F)(F)F)N2CCNCC2)cc1Cl.Cl.Cl. The van der Waals surface area contributed by atoms with Crippen molar-refractivity contribution in [3.8, 4) is 0 Å². The molecule has 0 radical (unpaired) electrons. The fourth-order valence-corrected chi connectivity index (χ4v) is 2.86. The maximum atomic E-state index is 12.6. The van der Waals surface area contributed by atoms with Crippen molar-refractivity contribution in [2.75, 3.05) is 26.2 Å². The van der Waals surface area contributed by atoms with Crippen LogP contribution in [0.4, 0.5) is 13.2 Å². The molecular weight excluding hydrogens is 372 g/mol. The number of piperazine rings is 1. The predicted molar refractivity (Wildman–Crippen MR) is 93.2 cm³/mol. The van der Waals surface area contributed by atoms with Crippen molar-refractivity contribution in [2.45, 2.75) is 32.0 Å². The zero-order valence-electron chi connectivity index (χ0n) is 12.8. The van der Waals surface area contributed by atoms with Crippen molar-refractivity contribution >= 4 is 36.4 Å². The molecule has 0 aromatic heterocycles. The summed E-state index contributed by atoms with van der Waals surface area (Å²) < 4.78 is 37.8. The van der Waals surface area contributed by atoms with Gasteiger partial charge in [0.25, 0.3) is 0 Å². The van der Waals surface area contributed by atoms with Gasteiger partial charge in [-0.1, -0.05) is 23.7 Å². The van der Waals surface area contributed by atoms with E-state index >= 15 is 0 Å². The van der Waals surface area contributed by atoms with Crippen molar-refractivity contribution < 1.29 is 13.2 Å². The second-order valence-corrected chi connectivity index (χ2v) is 5.87. The number of hydrogen-bond acceptors (Lipinski definition) is 2. The van der Waals surface area contributed by atoms with Crippen LogP contribution in [0.1, 0.15) is 30.0 Å². The zero-order chi connectivity index (χ0) is 15.5. The molecule has 1 atom stereocenters. The van der Waals surface area contributed by atoms with Gasteiger partial charge in [0.05, 0.1) is 0 Å². The molecule has 0 amide bonds. The summed E-state index contributed by atoms with van der Waals surface area (Å²) in [5.41, 5.74) is 1.81. The zero-order valence-corrected chi connectivity index (χ0v) is 15.2. The minimum absolute atomic E-state index is 0. The number of rotatable bonds is 4. The predicted octanol–water partition coefficient (Wildman–Crippen LogP) is 4.78. The summed E-state index contributed by atoms with van der Waals surface area (Å²) in [6.45, 7) is 5.02. The van der Waals surface area contributed by atoms with Gasteiger partial charge < -0.3 is 5.32 Å². The lowest BCUT2D eigenvalue weighted by molar-refractivity contribution is -0.138. The average Bonchev–Trinajstić information content (AvgIpc) is 2.43. The minimum Gasteiger partial charge on any atom is -0.314 e. The first kappa shape index (κ1) is 22.8. The molecule has 0 bridgehead atoms. The van der Waals surface area contributed by atoms with Crippen LogP contribution < -0.4 is 5.32 Å². The fraction of sp³-hybridized carbons (Fsp3) is 0.600. The van der Waals surface area contributed by atoms with E-state index in [1.165, 1.54) is 0 Å². The standard InChI is InChI=1S/C15H20ClF3N2.2ClH/c1-11-2-3-12(10-13(11)16)14(4-5-15(17,18)19)21-8-6-20-7-9-21;;/h2-3,10,14,20H,4-9H2,1H3;2*1H/t14-;;/m1../s1. The Balaban J connectivity index is 0.00000242. The Kier molecular flexibility index (Phi) is 9.86.